The molecule has 0 spiro atoms. The van der Waals surface area contributed by atoms with Gasteiger partial charge in [-0.3, -0.25) is 9.59 Å². The number of amides is 1. The minimum absolute atomic E-state index is 0.0145. The summed E-state index contributed by atoms with van der Waals surface area (Å²) in [5.41, 5.74) is -0.897. The third kappa shape index (κ3) is 4.35. The number of rotatable bonds is 8. The van der Waals surface area contributed by atoms with Gasteiger partial charge >= 0.3 is 0 Å². The Morgan fingerprint density at radius 3 is 2.50 bits per heavy atom. The van der Waals surface area contributed by atoms with Crippen molar-refractivity contribution in [1.29, 1.82) is 0 Å². The molecular weight excluding hydrogens is 308 g/mol. The molecule has 2 rings (SSSR count). The minimum atomic E-state index is -0.931. The number of nitrogens with one attached hydrogen (secondary N) is 2. The van der Waals surface area contributed by atoms with Crippen molar-refractivity contribution in [2.75, 3.05) is 6.54 Å². The van der Waals surface area contributed by atoms with Gasteiger partial charge < -0.3 is 19.8 Å². The zero-order chi connectivity index (χ0) is 17.6. The van der Waals surface area contributed by atoms with Crippen LogP contribution in [0.15, 0.2) is 39.7 Å². The van der Waals surface area contributed by atoms with Crippen LogP contribution in [-0.2, 0) is 0 Å². The van der Waals surface area contributed by atoms with Crippen LogP contribution in [0.2, 0.25) is 0 Å². The van der Waals surface area contributed by atoms with Crippen molar-refractivity contribution >= 4 is 5.91 Å². The molecular formula is C18H24N2O4. The molecule has 130 valence electrons. The number of carbonyl (C=O) groups excluding carboxylic acids is 1. The molecule has 0 aromatic carbocycles. The summed E-state index contributed by atoms with van der Waals surface area (Å²) < 4.78 is 5.22. The van der Waals surface area contributed by atoms with Crippen molar-refractivity contribution < 1.29 is 14.3 Å². The molecule has 1 amide bonds. The van der Waals surface area contributed by atoms with Crippen LogP contribution in [0, 0.1) is 0 Å². The summed E-state index contributed by atoms with van der Waals surface area (Å²) in [6.07, 6.45) is 4.37. The van der Waals surface area contributed by atoms with E-state index in [1.54, 1.807) is 18.2 Å². The molecule has 0 fully saturated rings. The molecule has 2 heterocycles. The fourth-order valence-electron chi connectivity index (χ4n) is 2.80. The van der Waals surface area contributed by atoms with E-state index < -0.39 is 17.1 Å². The van der Waals surface area contributed by atoms with Gasteiger partial charge in [0, 0.05) is 6.54 Å². The lowest BCUT2D eigenvalue weighted by atomic mass is 9.92. The van der Waals surface area contributed by atoms with Gasteiger partial charge in [0.2, 0.25) is 0 Å². The Labute approximate surface area is 140 Å². The molecule has 0 aliphatic carbocycles. The fourth-order valence-corrected chi connectivity index (χ4v) is 2.80. The molecule has 0 unspecified atom stereocenters. The van der Waals surface area contributed by atoms with Gasteiger partial charge in [0.25, 0.3) is 11.5 Å². The van der Waals surface area contributed by atoms with Gasteiger partial charge in [0.15, 0.2) is 0 Å². The van der Waals surface area contributed by atoms with Crippen LogP contribution < -0.4 is 10.9 Å². The van der Waals surface area contributed by atoms with E-state index in [-0.39, 0.29) is 12.1 Å². The number of pyridine rings is 1. The average Bonchev–Trinajstić information content (AvgIpc) is 3.07. The van der Waals surface area contributed by atoms with Crippen LogP contribution in [0.3, 0.4) is 0 Å². The first-order valence-corrected chi connectivity index (χ1v) is 8.27. The van der Waals surface area contributed by atoms with E-state index in [1.807, 2.05) is 13.8 Å². The van der Waals surface area contributed by atoms with E-state index in [2.05, 4.69) is 10.3 Å². The molecule has 2 aromatic rings. The lowest BCUT2D eigenvalue weighted by Crippen LogP contribution is -2.43. The van der Waals surface area contributed by atoms with Gasteiger partial charge in [-0.2, -0.15) is 0 Å². The molecule has 24 heavy (non-hydrogen) atoms. The Morgan fingerprint density at radius 2 is 1.96 bits per heavy atom. The van der Waals surface area contributed by atoms with Crippen molar-refractivity contribution in [3.8, 4) is 11.5 Å². The first kappa shape index (κ1) is 18.0. The summed E-state index contributed by atoms with van der Waals surface area (Å²) >= 11 is 0. The second-order valence-corrected chi connectivity index (χ2v) is 6.00. The summed E-state index contributed by atoms with van der Waals surface area (Å²) in [6, 6.07) is 6.53. The smallest absolute Gasteiger partial charge is 0.261 e. The van der Waals surface area contributed by atoms with Gasteiger partial charge in [0.05, 0.1) is 17.6 Å². The molecule has 3 N–H and O–H groups in total. The van der Waals surface area contributed by atoms with Crippen LogP contribution in [0.5, 0.6) is 0 Å². The van der Waals surface area contributed by atoms with E-state index in [0.717, 1.165) is 12.8 Å². The quantitative estimate of drug-likeness (QED) is 0.692. The van der Waals surface area contributed by atoms with Crippen molar-refractivity contribution in [2.24, 2.45) is 0 Å². The zero-order valence-corrected chi connectivity index (χ0v) is 14.1. The topological polar surface area (TPSA) is 95.3 Å². The molecule has 0 bridgehead atoms. The standard InChI is InChI=1S/C18H24N2O4/c1-3-9-18(23,10-4-2)12-19-16(21)13-7-8-14(20-17(13)22)15-6-5-11-24-15/h5-8,11,23H,3-4,9-10,12H2,1-2H3,(H,19,21)(H,20,22). The zero-order valence-electron chi connectivity index (χ0n) is 14.1. The Bertz CT molecular complexity index is 713. The van der Waals surface area contributed by atoms with Crippen LogP contribution >= 0.6 is 0 Å². The maximum atomic E-state index is 12.3. The lowest BCUT2D eigenvalue weighted by Gasteiger charge is -2.27. The number of furan rings is 1. The number of aromatic amines is 1. The molecule has 0 saturated carbocycles. The van der Waals surface area contributed by atoms with Gasteiger partial charge in [-0.15, -0.1) is 0 Å². The maximum absolute atomic E-state index is 12.3. The molecule has 0 saturated heterocycles. The third-order valence-electron chi connectivity index (χ3n) is 3.95. The maximum Gasteiger partial charge on any atom is 0.261 e. The largest absolute Gasteiger partial charge is 0.463 e. The van der Waals surface area contributed by atoms with Crippen LogP contribution in [-0.4, -0.2) is 28.1 Å². The highest BCUT2D eigenvalue weighted by Crippen LogP contribution is 2.19. The first-order valence-electron chi connectivity index (χ1n) is 8.27. The molecule has 0 radical (unpaired) electrons. The Hall–Kier alpha value is -2.34. The summed E-state index contributed by atoms with van der Waals surface area (Å²) in [6.45, 7) is 4.11. The molecule has 6 heteroatoms. The van der Waals surface area contributed by atoms with Crippen molar-refractivity contribution in [1.82, 2.24) is 10.3 Å². The SMILES string of the molecule is CCCC(O)(CCC)CNC(=O)c1ccc(-c2ccco2)[nH]c1=O. The number of carbonyl (C=O) groups is 1. The van der Waals surface area contributed by atoms with Crippen LogP contribution in [0.4, 0.5) is 0 Å². The molecule has 6 nitrogen and oxygen atoms in total. The third-order valence-corrected chi connectivity index (χ3v) is 3.95. The molecule has 0 aliphatic heterocycles. The Morgan fingerprint density at radius 1 is 1.25 bits per heavy atom. The van der Waals surface area contributed by atoms with Gasteiger partial charge in [-0.1, -0.05) is 26.7 Å². The van der Waals surface area contributed by atoms with Crippen LogP contribution in [0.25, 0.3) is 11.5 Å². The summed E-state index contributed by atoms with van der Waals surface area (Å²) in [4.78, 5) is 27.0. The Balaban J connectivity index is 2.08. The van der Waals surface area contributed by atoms with E-state index in [0.29, 0.717) is 24.3 Å². The van der Waals surface area contributed by atoms with Crippen molar-refractivity contribution in [3.05, 3.63) is 46.4 Å². The lowest BCUT2D eigenvalue weighted by molar-refractivity contribution is 0.0213. The number of hydrogen-bond donors (Lipinski definition) is 3. The minimum Gasteiger partial charge on any atom is -0.463 e. The van der Waals surface area contributed by atoms with Gasteiger partial charge in [-0.25, -0.2) is 0 Å². The van der Waals surface area contributed by atoms with E-state index in [4.69, 9.17) is 4.42 Å². The Kier molecular flexibility index (Phi) is 5.98. The highest BCUT2D eigenvalue weighted by Gasteiger charge is 2.26. The van der Waals surface area contributed by atoms with Crippen LogP contribution in [0.1, 0.15) is 49.9 Å². The summed E-state index contributed by atoms with van der Waals surface area (Å²) in [7, 11) is 0. The molecule has 0 aliphatic rings. The van der Waals surface area contributed by atoms with E-state index in [9.17, 15) is 14.7 Å². The summed E-state index contributed by atoms with van der Waals surface area (Å²) in [5.74, 6) is 0.0344. The number of aliphatic hydroxyl groups is 1. The second-order valence-electron chi connectivity index (χ2n) is 6.00. The average molecular weight is 332 g/mol. The highest BCUT2D eigenvalue weighted by atomic mass is 16.3. The number of H-pyrrole nitrogens is 1. The van der Waals surface area contributed by atoms with Gasteiger partial charge in [0.1, 0.15) is 11.3 Å². The fraction of sp³-hybridized carbons (Fsp3) is 0.444. The number of hydrogen-bond acceptors (Lipinski definition) is 4. The molecule has 2 aromatic heterocycles. The first-order chi connectivity index (χ1) is 11.5. The monoisotopic (exact) mass is 332 g/mol. The predicted octanol–water partition coefficient (Wildman–Crippen LogP) is 2.70. The molecule has 0 atom stereocenters. The van der Waals surface area contributed by atoms with Gasteiger partial charge in [-0.05, 0) is 37.1 Å². The number of aromatic nitrogens is 1. The second kappa shape index (κ2) is 7.97. The van der Waals surface area contributed by atoms with Crippen molar-refractivity contribution in [2.45, 2.75) is 45.1 Å². The van der Waals surface area contributed by atoms with E-state index in [1.165, 1.54) is 12.3 Å². The van der Waals surface area contributed by atoms with Crippen molar-refractivity contribution in [3.63, 3.8) is 0 Å². The predicted molar refractivity (Wildman–Crippen MR) is 91.9 cm³/mol. The normalized spacial score (nSPS) is 11.5. The highest BCUT2D eigenvalue weighted by molar-refractivity contribution is 5.94. The summed E-state index contributed by atoms with van der Waals surface area (Å²) in [5, 5.41) is 13.2. The van der Waals surface area contributed by atoms with E-state index >= 15 is 0 Å².